The fourth-order valence-electron chi connectivity index (χ4n) is 2.20. The second-order valence-corrected chi connectivity index (χ2v) is 4.96. The van der Waals surface area contributed by atoms with Gasteiger partial charge in [0.15, 0.2) is 0 Å². The number of aromatic nitrogens is 2. The van der Waals surface area contributed by atoms with E-state index in [2.05, 4.69) is 20.5 Å². The molecule has 0 radical (unpaired) electrons. The monoisotopic (exact) mass is 320 g/mol. The molecule has 0 saturated heterocycles. The molecule has 0 aliphatic rings. The second kappa shape index (κ2) is 7.23. The van der Waals surface area contributed by atoms with Crippen LogP contribution in [0.1, 0.15) is 5.56 Å². The number of rotatable bonds is 5. The predicted molar refractivity (Wildman–Crippen MR) is 94.5 cm³/mol. The Kier molecular flexibility index (Phi) is 4.67. The van der Waals surface area contributed by atoms with Crippen molar-refractivity contribution < 1.29 is 4.74 Å². The minimum Gasteiger partial charge on any atom is -0.496 e. The number of nitrogens with one attached hydrogen (secondary N) is 2. The van der Waals surface area contributed by atoms with Crippen molar-refractivity contribution in [2.24, 2.45) is 5.10 Å². The lowest BCUT2D eigenvalue weighted by atomic mass is 10.1. The number of nitrogens with zero attached hydrogens (tertiary/aromatic N) is 2. The van der Waals surface area contributed by atoms with Gasteiger partial charge in [-0.05, 0) is 12.1 Å². The summed E-state index contributed by atoms with van der Waals surface area (Å²) in [6.45, 7) is 0. The molecular formula is C18H16N4O2. The smallest absolute Gasteiger partial charge is 0.252 e. The molecule has 3 rings (SSSR count). The number of para-hydroxylation sites is 1. The molecule has 24 heavy (non-hydrogen) atoms. The Bertz CT molecular complexity index is 904. The first-order valence-corrected chi connectivity index (χ1v) is 7.35. The first-order valence-electron chi connectivity index (χ1n) is 7.35. The van der Waals surface area contributed by atoms with Crippen LogP contribution in [-0.4, -0.2) is 23.3 Å². The Morgan fingerprint density at radius 1 is 1.12 bits per heavy atom. The SMILES string of the molecule is COc1ccccc1/C=N/Nc1nc(-c2ccccc2)cc(=O)[nH]1. The van der Waals surface area contributed by atoms with Crippen LogP contribution in [-0.2, 0) is 0 Å². The summed E-state index contributed by atoms with van der Waals surface area (Å²) < 4.78 is 5.25. The van der Waals surface area contributed by atoms with Crippen LogP contribution in [0.25, 0.3) is 11.3 Å². The van der Waals surface area contributed by atoms with Gasteiger partial charge >= 0.3 is 0 Å². The summed E-state index contributed by atoms with van der Waals surface area (Å²) >= 11 is 0. The van der Waals surface area contributed by atoms with Crippen LogP contribution in [0.3, 0.4) is 0 Å². The summed E-state index contributed by atoms with van der Waals surface area (Å²) in [6, 6.07) is 18.4. The molecule has 2 N–H and O–H groups in total. The van der Waals surface area contributed by atoms with Crippen LogP contribution in [0.15, 0.2) is 70.6 Å². The van der Waals surface area contributed by atoms with Crippen molar-refractivity contribution in [1.29, 1.82) is 0 Å². The van der Waals surface area contributed by atoms with Gasteiger partial charge in [-0.2, -0.15) is 5.10 Å². The number of ether oxygens (including phenoxy) is 1. The number of hydrogen-bond acceptors (Lipinski definition) is 5. The maximum Gasteiger partial charge on any atom is 0.252 e. The fraction of sp³-hybridized carbons (Fsp3) is 0.0556. The van der Waals surface area contributed by atoms with Crippen molar-refractivity contribution in [2.75, 3.05) is 12.5 Å². The standard InChI is InChI=1S/C18H16N4O2/c1-24-16-10-6-5-9-14(16)12-19-22-18-20-15(11-17(23)21-18)13-7-3-2-4-8-13/h2-12H,1H3,(H2,20,21,22,23)/b19-12+. The predicted octanol–water partition coefficient (Wildman–Crippen LogP) is 2.89. The molecule has 1 aromatic heterocycles. The zero-order chi connectivity index (χ0) is 16.8. The quantitative estimate of drug-likeness (QED) is 0.559. The van der Waals surface area contributed by atoms with E-state index in [0.717, 1.165) is 11.1 Å². The molecule has 2 aromatic carbocycles. The molecular weight excluding hydrogens is 304 g/mol. The molecule has 0 spiro atoms. The molecule has 0 aliphatic heterocycles. The topological polar surface area (TPSA) is 79.4 Å². The first-order chi connectivity index (χ1) is 11.8. The average molecular weight is 320 g/mol. The van der Waals surface area contributed by atoms with Crippen molar-refractivity contribution in [1.82, 2.24) is 9.97 Å². The maximum absolute atomic E-state index is 11.8. The summed E-state index contributed by atoms with van der Waals surface area (Å²) in [5, 5.41) is 4.11. The van der Waals surface area contributed by atoms with Crippen molar-refractivity contribution in [2.45, 2.75) is 0 Å². The third-order valence-electron chi connectivity index (χ3n) is 3.32. The lowest BCUT2D eigenvalue weighted by Crippen LogP contribution is -2.10. The number of methoxy groups -OCH3 is 1. The fourth-order valence-corrected chi connectivity index (χ4v) is 2.20. The first kappa shape index (κ1) is 15.5. The summed E-state index contributed by atoms with van der Waals surface area (Å²) in [5.74, 6) is 0.982. The Morgan fingerprint density at radius 3 is 2.67 bits per heavy atom. The Hall–Kier alpha value is -3.41. The van der Waals surface area contributed by atoms with E-state index in [9.17, 15) is 4.79 Å². The Labute approximate surface area is 138 Å². The zero-order valence-corrected chi connectivity index (χ0v) is 13.1. The van der Waals surface area contributed by atoms with Crippen molar-refractivity contribution in [3.63, 3.8) is 0 Å². The summed E-state index contributed by atoms with van der Waals surface area (Å²) in [5.41, 5.74) is 4.75. The Morgan fingerprint density at radius 2 is 1.88 bits per heavy atom. The molecule has 3 aromatic rings. The molecule has 0 aliphatic carbocycles. The lowest BCUT2D eigenvalue weighted by molar-refractivity contribution is 0.414. The van der Waals surface area contributed by atoms with E-state index < -0.39 is 0 Å². The van der Waals surface area contributed by atoms with E-state index in [-0.39, 0.29) is 11.5 Å². The van der Waals surface area contributed by atoms with Crippen LogP contribution >= 0.6 is 0 Å². The normalized spacial score (nSPS) is 10.7. The van der Waals surface area contributed by atoms with Crippen LogP contribution < -0.4 is 15.7 Å². The van der Waals surface area contributed by atoms with E-state index >= 15 is 0 Å². The largest absolute Gasteiger partial charge is 0.496 e. The third kappa shape index (κ3) is 3.67. The zero-order valence-electron chi connectivity index (χ0n) is 13.1. The molecule has 120 valence electrons. The summed E-state index contributed by atoms with van der Waals surface area (Å²) in [4.78, 5) is 18.8. The van der Waals surface area contributed by atoms with Gasteiger partial charge < -0.3 is 4.74 Å². The number of hydrazone groups is 1. The van der Waals surface area contributed by atoms with Gasteiger partial charge in [-0.3, -0.25) is 9.78 Å². The highest BCUT2D eigenvalue weighted by molar-refractivity contribution is 5.83. The summed E-state index contributed by atoms with van der Waals surface area (Å²) in [6.07, 6.45) is 1.61. The van der Waals surface area contributed by atoms with Gasteiger partial charge in [0.2, 0.25) is 5.95 Å². The average Bonchev–Trinajstić information content (AvgIpc) is 2.62. The van der Waals surface area contributed by atoms with E-state index in [1.165, 1.54) is 6.07 Å². The number of benzene rings is 2. The van der Waals surface area contributed by atoms with Gasteiger partial charge in [-0.25, -0.2) is 10.4 Å². The molecule has 0 fully saturated rings. The van der Waals surface area contributed by atoms with Crippen LogP contribution in [0.5, 0.6) is 5.75 Å². The van der Waals surface area contributed by atoms with Crippen LogP contribution in [0, 0.1) is 0 Å². The number of aromatic amines is 1. The highest BCUT2D eigenvalue weighted by Gasteiger charge is 2.03. The van der Waals surface area contributed by atoms with Crippen molar-refractivity contribution in [3.8, 4) is 17.0 Å². The van der Waals surface area contributed by atoms with E-state index in [1.807, 2.05) is 54.6 Å². The van der Waals surface area contributed by atoms with Crippen LogP contribution in [0.4, 0.5) is 5.95 Å². The highest BCUT2D eigenvalue weighted by Crippen LogP contribution is 2.16. The third-order valence-corrected chi connectivity index (χ3v) is 3.32. The van der Waals surface area contributed by atoms with Gasteiger partial charge in [-0.15, -0.1) is 0 Å². The molecule has 1 heterocycles. The summed E-state index contributed by atoms with van der Waals surface area (Å²) in [7, 11) is 1.60. The molecule has 0 atom stereocenters. The number of H-pyrrole nitrogens is 1. The van der Waals surface area contributed by atoms with E-state index in [4.69, 9.17) is 4.74 Å². The second-order valence-electron chi connectivity index (χ2n) is 4.96. The molecule has 0 amide bonds. The van der Waals surface area contributed by atoms with Crippen LogP contribution in [0.2, 0.25) is 0 Å². The van der Waals surface area contributed by atoms with E-state index in [1.54, 1.807) is 13.3 Å². The minimum absolute atomic E-state index is 0.251. The van der Waals surface area contributed by atoms with Gasteiger partial charge in [0, 0.05) is 17.2 Å². The molecule has 6 heteroatoms. The molecule has 6 nitrogen and oxygen atoms in total. The van der Waals surface area contributed by atoms with Gasteiger partial charge in [0.25, 0.3) is 5.56 Å². The minimum atomic E-state index is -0.251. The van der Waals surface area contributed by atoms with Crippen molar-refractivity contribution in [3.05, 3.63) is 76.6 Å². The van der Waals surface area contributed by atoms with Gasteiger partial charge in [-0.1, -0.05) is 42.5 Å². The lowest BCUT2D eigenvalue weighted by Gasteiger charge is -2.05. The maximum atomic E-state index is 11.8. The molecule has 0 unspecified atom stereocenters. The van der Waals surface area contributed by atoms with Crippen molar-refractivity contribution >= 4 is 12.2 Å². The van der Waals surface area contributed by atoms with Gasteiger partial charge in [0.1, 0.15) is 5.75 Å². The highest BCUT2D eigenvalue weighted by atomic mass is 16.5. The number of anilines is 1. The molecule has 0 bridgehead atoms. The van der Waals surface area contributed by atoms with E-state index in [0.29, 0.717) is 11.4 Å². The number of hydrogen-bond donors (Lipinski definition) is 2. The van der Waals surface area contributed by atoms with Gasteiger partial charge in [0.05, 0.1) is 19.0 Å². The Balaban J connectivity index is 1.82. The molecule has 0 saturated carbocycles.